The molecule has 2 nitrogen and oxygen atoms in total. The Morgan fingerprint density at radius 2 is 2.31 bits per heavy atom. The van der Waals surface area contributed by atoms with Gasteiger partial charge in [0.25, 0.3) is 0 Å². The van der Waals surface area contributed by atoms with Gasteiger partial charge < -0.3 is 4.98 Å². The number of aromatic amines is 1. The first-order valence-electron chi connectivity index (χ1n) is 3.95. The van der Waals surface area contributed by atoms with Crippen LogP contribution in [0.25, 0.3) is 10.9 Å². The number of fused-ring (bicyclic) bond motifs is 1. The first-order valence-corrected chi connectivity index (χ1v) is 4.74. The largest absolute Gasteiger partial charge is 0.361 e. The minimum absolute atomic E-state index is 0.716. The molecule has 1 aromatic carbocycles. The van der Waals surface area contributed by atoms with Crippen LogP contribution in [-0.4, -0.2) is 11.3 Å². The van der Waals surface area contributed by atoms with Crippen molar-refractivity contribution in [2.24, 2.45) is 0 Å². The highest BCUT2D eigenvalue weighted by molar-refractivity contribution is 9.10. The number of aldehydes is 1. The Balaban J connectivity index is 2.95. The first-order chi connectivity index (χ1) is 6.24. The number of carbonyl (C=O) groups is 1. The maximum absolute atomic E-state index is 10.7. The molecule has 0 aliphatic heterocycles. The van der Waals surface area contributed by atoms with Crippen LogP contribution in [0, 0.1) is 6.92 Å². The van der Waals surface area contributed by atoms with Crippen molar-refractivity contribution in [1.29, 1.82) is 0 Å². The molecule has 0 radical (unpaired) electrons. The fourth-order valence-corrected chi connectivity index (χ4v) is 1.90. The van der Waals surface area contributed by atoms with Gasteiger partial charge in [0.05, 0.1) is 5.52 Å². The molecule has 0 saturated carbocycles. The monoisotopic (exact) mass is 237 g/mol. The van der Waals surface area contributed by atoms with Gasteiger partial charge in [-0.2, -0.15) is 0 Å². The smallest absolute Gasteiger partial charge is 0.150 e. The number of hydrogen-bond acceptors (Lipinski definition) is 1. The zero-order valence-electron chi connectivity index (χ0n) is 7.10. The summed E-state index contributed by atoms with van der Waals surface area (Å²) in [4.78, 5) is 13.9. The average Bonchev–Trinajstić information content (AvgIpc) is 2.60. The Morgan fingerprint density at radius 1 is 1.54 bits per heavy atom. The Morgan fingerprint density at radius 3 is 3.00 bits per heavy atom. The van der Waals surface area contributed by atoms with E-state index >= 15 is 0 Å². The summed E-state index contributed by atoms with van der Waals surface area (Å²) >= 11 is 3.41. The molecule has 1 heterocycles. The van der Waals surface area contributed by atoms with Crippen molar-refractivity contribution in [3.63, 3.8) is 0 Å². The second kappa shape index (κ2) is 3.00. The van der Waals surface area contributed by atoms with Gasteiger partial charge >= 0.3 is 0 Å². The molecule has 2 rings (SSSR count). The Hall–Kier alpha value is -1.09. The molecular weight excluding hydrogens is 230 g/mol. The third-order valence-electron chi connectivity index (χ3n) is 2.20. The normalized spacial score (nSPS) is 10.6. The second-order valence-electron chi connectivity index (χ2n) is 2.96. The molecule has 0 unspecified atom stereocenters. The number of rotatable bonds is 1. The van der Waals surface area contributed by atoms with Crippen LogP contribution in [0.2, 0.25) is 0 Å². The van der Waals surface area contributed by atoms with E-state index in [9.17, 15) is 4.79 Å². The molecule has 1 N–H and O–H groups in total. The van der Waals surface area contributed by atoms with Gasteiger partial charge in [0, 0.05) is 21.6 Å². The Bertz CT molecular complexity index is 473. The molecule has 0 atom stereocenters. The summed E-state index contributed by atoms with van der Waals surface area (Å²) in [5, 5.41) is 0.982. The lowest BCUT2D eigenvalue weighted by Crippen LogP contribution is -1.86. The van der Waals surface area contributed by atoms with Gasteiger partial charge in [-0.25, -0.2) is 0 Å². The predicted molar refractivity (Wildman–Crippen MR) is 56.1 cm³/mol. The van der Waals surface area contributed by atoms with Gasteiger partial charge in [0.15, 0.2) is 6.29 Å². The zero-order valence-corrected chi connectivity index (χ0v) is 8.68. The van der Waals surface area contributed by atoms with Gasteiger partial charge in [0.1, 0.15) is 0 Å². The molecule has 0 amide bonds. The summed E-state index contributed by atoms with van der Waals surface area (Å²) in [6, 6.07) is 3.76. The van der Waals surface area contributed by atoms with Gasteiger partial charge in [-0.3, -0.25) is 4.79 Å². The number of halogens is 1. The third-order valence-corrected chi connectivity index (χ3v) is 3.02. The molecule has 0 fully saturated rings. The van der Waals surface area contributed by atoms with E-state index in [-0.39, 0.29) is 0 Å². The third kappa shape index (κ3) is 1.20. The molecular formula is C10H8BrNO. The van der Waals surface area contributed by atoms with E-state index in [1.54, 1.807) is 0 Å². The standard InChI is InChI=1S/C10H8BrNO/c1-6-9(11)4-7(5-13)8-2-3-12-10(6)8/h2-5,12H,1H3. The minimum Gasteiger partial charge on any atom is -0.361 e. The van der Waals surface area contributed by atoms with E-state index in [4.69, 9.17) is 0 Å². The van der Waals surface area contributed by atoms with E-state index < -0.39 is 0 Å². The maximum atomic E-state index is 10.7. The summed E-state index contributed by atoms with van der Waals surface area (Å²) in [6.45, 7) is 2.01. The van der Waals surface area contributed by atoms with Crippen LogP contribution < -0.4 is 0 Å². The van der Waals surface area contributed by atoms with E-state index in [2.05, 4.69) is 20.9 Å². The molecule has 0 bridgehead atoms. The van der Waals surface area contributed by atoms with Gasteiger partial charge in [-0.05, 0) is 24.6 Å². The van der Waals surface area contributed by atoms with Gasteiger partial charge in [0.2, 0.25) is 0 Å². The molecule has 13 heavy (non-hydrogen) atoms. The van der Waals surface area contributed by atoms with E-state index in [1.807, 2.05) is 25.3 Å². The fourth-order valence-electron chi connectivity index (χ4n) is 1.46. The summed E-state index contributed by atoms with van der Waals surface area (Å²) < 4.78 is 0.963. The Labute approximate surface area is 84.1 Å². The quantitative estimate of drug-likeness (QED) is 0.761. The van der Waals surface area contributed by atoms with Crippen molar-refractivity contribution in [3.05, 3.63) is 33.9 Å². The molecule has 2 aromatic rings. The van der Waals surface area contributed by atoms with E-state index in [1.165, 1.54) is 0 Å². The number of hydrogen-bond donors (Lipinski definition) is 1. The number of aromatic nitrogens is 1. The van der Waals surface area contributed by atoms with Crippen LogP contribution in [0.1, 0.15) is 15.9 Å². The summed E-state index contributed by atoms with van der Waals surface area (Å²) in [5.74, 6) is 0. The molecule has 0 saturated heterocycles. The lowest BCUT2D eigenvalue weighted by Gasteiger charge is -2.02. The van der Waals surface area contributed by atoms with Crippen LogP contribution in [0.15, 0.2) is 22.8 Å². The molecule has 66 valence electrons. The number of carbonyl (C=O) groups excluding carboxylic acids is 1. The highest BCUT2D eigenvalue weighted by Crippen LogP contribution is 2.27. The van der Waals surface area contributed by atoms with Gasteiger partial charge in [-0.1, -0.05) is 15.9 Å². The number of H-pyrrole nitrogens is 1. The molecule has 0 spiro atoms. The number of nitrogens with one attached hydrogen (secondary N) is 1. The lowest BCUT2D eigenvalue weighted by molar-refractivity contribution is 0.112. The van der Waals surface area contributed by atoms with Crippen molar-refractivity contribution in [1.82, 2.24) is 4.98 Å². The van der Waals surface area contributed by atoms with Crippen molar-refractivity contribution in [3.8, 4) is 0 Å². The molecule has 3 heteroatoms. The van der Waals surface area contributed by atoms with Crippen LogP contribution in [0.3, 0.4) is 0 Å². The van der Waals surface area contributed by atoms with Crippen molar-refractivity contribution in [2.45, 2.75) is 6.92 Å². The average molecular weight is 238 g/mol. The highest BCUT2D eigenvalue weighted by atomic mass is 79.9. The van der Waals surface area contributed by atoms with Crippen molar-refractivity contribution >= 4 is 33.1 Å². The van der Waals surface area contributed by atoms with Crippen LogP contribution >= 0.6 is 15.9 Å². The SMILES string of the molecule is Cc1c(Br)cc(C=O)c2cc[nH]c12. The Kier molecular flexibility index (Phi) is 1.96. The summed E-state index contributed by atoms with van der Waals surface area (Å²) in [5.41, 5.74) is 2.87. The van der Waals surface area contributed by atoms with Crippen molar-refractivity contribution in [2.75, 3.05) is 0 Å². The lowest BCUT2D eigenvalue weighted by atomic mass is 10.1. The highest BCUT2D eigenvalue weighted by Gasteiger charge is 2.07. The maximum Gasteiger partial charge on any atom is 0.150 e. The minimum atomic E-state index is 0.716. The van der Waals surface area contributed by atoms with Crippen LogP contribution in [0.4, 0.5) is 0 Å². The topological polar surface area (TPSA) is 32.9 Å². The summed E-state index contributed by atoms with van der Waals surface area (Å²) in [7, 11) is 0. The molecule has 1 aromatic heterocycles. The zero-order chi connectivity index (χ0) is 9.42. The van der Waals surface area contributed by atoms with E-state index in [0.717, 1.165) is 27.2 Å². The second-order valence-corrected chi connectivity index (χ2v) is 3.81. The molecule has 0 aliphatic rings. The summed E-state index contributed by atoms with van der Waals surface area (Å²) in [6.07, 6.45) is 2.72. The number of benzene rings is 1. The predicted octanol–water partition coefficient (Wildman–Crippen LogP) is 3.05. The number of aryl methyl sites for hydroxylation is 1. The first kappa shape index (κ1) is 8.51. The van der Waals surface area contributed by atoms with Gasteiger partial charge in [-0.15, -0.1) is 0 Å². The molecule has 0 aliphatic carbocycles. The van der Waals surface area contributed by atoms with Crippen LogP contribution in [-0.2, 0) is 0 Å². The van der Waals surface area contributed by atoms with Crippen molar-refractivity contribution < 1.29 is 4.79 Å². The van der Waals surface area contributed by atoms with Crippen LogP contribution in [0.5, 0.6) is 0 Å². The fraction of sp³-hybridized carbons (Fsp3) is 0.100. The van der Waals surface area contributed by atoms with E-state index in [0.29, 0.717) is 5.56 Å².